The molecule has 18 heavy (non-hydrogen) atoms. The van der Waals surface area contributed by atoms with Crippen molar-refractivity contribution in [3.8, 4) is 0 Å². The molecule has 0 bridgehead atoms. The summed E-state index contributed by atoms with van der Waals surface area (Å²) in [4.78, 5) is 16.0. The molecule has 1 rings (SSSR count). The maximum absolute atomic E-state index is 11.7. The van der Waals surface area contributed by atoms with Crippen LogP contribution in [0.3, 0.4) is 0 Å². The van der Waals surface area contributed by atoms with Crippen LogP contribution in [0.1, 0.15) is 45.3 Å². The van der Waals surface area contributed by atoms with Gasteiger partial charge in [-0.25, -0.2) is 0 Å². The number of rotatable bonds is 7. The number of hydrogen-bond acceptors (Lipinski definition) is 3. The number of hydrogen-bond donors (Lipinski definition) is 2. The molecular formula is C14H23N3O. The molecule has 0 aliphatic rings. The zero-order valence-corrected chi connectivity index (χ0v) is 11.4. The molecule has 1 atom stereocenters. The van der Waals surface area contributed by atoms with Gasteiger partial charge < -0.3 is 10.6 Å². The molecule has 0 aliphatic carbocycles. The van der Waals surface area contributed by atoms with E-state index in [-0.39, 0.29) is 18.0 Å². The van der Waals surface area contributed by atoms with Gasteiger partial charge in [0.1, 0.15) is 0 Å². The van der Waals surface area contributed by atoms with Crippen LogP contribution < -0.4 is 10.6 Å². The minimum absolute atomic E-state index is 0.0477. The van der Waals surface area contributed by atoms with Crippen molar-refractivity contribution in [1.29, 1.82) is 0 Å². The van der Waals surface area contributed by atoms with E-state index < -0.39 is 0 Å². The normalized spacial score (nSPS) is 12.4. The van der Waals surface area contributed by atoms with Gasteiger partial charge >= 0.3 is 0 Å². The molecule has 1 heterocycles. The molecule has 0 fully saturated rings. The fourth-order valence-corrected chi connectivity index (χ4v) is 1.75. The number of carbonyl (C=O) groups excluding carboxylic acids is 1. The average Bonchev–Trinajstić information content (AvgIpc) is 2.43. The molecular weight excluding hydrogens is 226 g/mol. The van der Waals surface area contributed by atoms with Crippen LogP contribution in [0, 0.1) is 0 Å². The van der Waals surface area contributed by atoms with Gasteiger partial charge in [0.2, 0.25) is 5.91 Å². The molecule has 1 amide bonds. The summed E-state index contributed by atoms with van der Waals surface area (Å²) in [5.74, 6) is 0.0477. The summed E-state index contributed by atoms with van der Waals surface area (Å²) in [6.07, 6.45) is 3.70. The van der Waals surface area contributed by atoms with Crippen molar-refractivity contribution in [2.24, 2.45) is 0 Å². The molecule has 0 aliphatic heterocycles. The maximum atomic E-state index is 11.7. The first-order chi connectivity index (χ1) is 8.67. The summed E-state index contributed by atoms with van der Waals surface area (Å²) in [5.41, 5.74) is 0.952. The molecule has 1 aromatic heterocycles. The summed E-state index contributed by atoms with van der Waals surface area (Å²) < 4.78 is 0. The summed E-state index contributed by atoms with van der Waals surface area (Å²) in [6.45, 7) is 6.50. The lowest BCUT2D eigenvalue weighted by Crippen LogP contribution is -2.40. The van der Waals surface area contributed by atoms with Crippen molar-refractivity contribution < 1.29 is 4.79 Å². The topological polar surface area (TPSA) is 54.0 Å². The average molecular weight is 249 g/mol. The quantitative estimate of drug-likeness (QED) is 0.777. The maximum Gasteiger partial charge on any atom is 0.234 e. The molecule has 4 nitrogen and oxygen atoms in total. The van der Waals surface area contributed by atoms with E-state index in [0.717, 1.165) is 18.5 Å². The van der Waals surface area contributed by atoms with Gasteiger partial charge in [-0.3, -0.25) is 9.78 Å². The molecule has 1 aromatic rings. The first-order valence-corrected chi connectivity index (χ1v) is 6.61. The number of pyridine rings is 1. The SMILES string of the molecule is CCC(CC)NC(=O)CN[C@@H](C)c1ccccn1. The standard InChI is InChI=1S/C14H23N3O/c1-4-12(5-2)17-14(18)10-16-11(3)13-8-6-7-9-15-13/h6-9,11-12,16H,4-5,10H2,1-3H3,(H,17,18)/t11-/m0/s1. The lowest BCUT2D eigenvalue weighted by Gasteiger charge is -2.17. The lowest BCUT2D eigenvalue weighted by atomic mass is 10.2. The van der Waals surface area contributed by atoms with Crippen molar-refractivity contribution in [2.75, 3.05) is 6.54 Å². The summed E-state index contributed by atoms with van der Waals surface area (Å²) in [7, 11) is 0. The van der Waals surface area contributed by atoms with Crippen molar-refractivity contribution in [1.82, 2.24) is 15.6 Å². The number of amides is 1. The molecule has 4 heteroatoms. The van der Waals surface area contributed by atoms with E-state index in [2.05, 4.69) is 29.5 Å². The van der Waals surface area contributed by atoms with Crippen LogP contribution in [0.4, 0.5) is 0 Å². The minimum Gasteiger partial charge on any atom is -0.352 e. The smallest absolute Gasteiger partial charge is 0.234 e. The van der Waals surface area contributed by atoms with Crippen LogP contribution >= 0.6 is 0 Å². The van der Waals surface area contributed by atoms with Crippen molar-refractivity contribution in [3.05, 3.63) is 30.1 Å². The Morgan fingerprint density at radius 1 is 1.33 bits per heavy atom. The van der Waals surface area contributed by atoms with E-state index in [9.17, 15) is 4.79 Å². The van der Waals surface area contributed by atoms with Crippen molar-refractivity contribution in [2.45, 2.75) is 45.7 Å². The fourth-order valence-electron chi connectivity index (χ4n) is 1.75. The largest absolute Gasteiger partial charge is 0.352 e. The van der Waals surface area contributed by atoms with E-state index in [1.165, 1.54) is 0 Å². The Balaban J connectivity index is 2.34. The molecule has 0 spiro atoms. The van der Waals surface area contributed by atoms with Crippen LogP contribution in [0.5, 0.6) is 0 Å². The Morgan fingerprint density at radius 2 is 2.06 bits per heavy atom. The fraction of sp³-hybridized carbons (Fsp3) is 0.571. The number of nitrogens with one attached hydrogen (secondary N) is 2. The summed E-state index contributed by atoms with van der Waals surface area (Å²) in [6, 6.07) is 6.15. The second-order valence-corrected chi connectivity index (χ2v) is 4.44. The highest BCUT2D eigenvalue weighted by Gasteiger charge is 2.10. The van der Waals surface area contributed by atoms with Gasteiger partial charge in [-0.1, -0.05) is 19.9 Å². The van der Waals surface area contributed by atoms with Crippen LogP contribution in [0.15, 0.2) is 24.4 Å². The van der Waals surface area contributed by atoms with Gasteiger partial charge in [-0.05, 0) is 31.9 Å². The van der Waals surface area contributed by atoms with Gasteiger partial charge in [0.05, 0.1) is 12.2 Å². The van der Waals surface area contributed by atoms with E-state index in [1.807, 2.05) is 25.1 Å². The predicted molar refractivity (Wildman–Crippen MR) is 73.2 cm³/mol. The first kappa shape index (κ1) is 14.6. The third-order valence-electron chi connectivity index (χ3n) is 3.05. The molecule has 100 valence electrons. The van der Waals surface area contributed by atoms with E-state index in [4.69, 9.17) is 0 Å². The van der Waals surface area contributed by atoms with Gasteiger partial charge in [0, 0.05) is 18.3 Å². The first-order valence-electron chi connectivity index (χ1n) is 6.61. The highest BCUT2D eigenvalue weighted by Crippen LogP contribution is 2.06. The second kappa shape index (κ2) is 7.82. The van der Waals surface area contributed by atoms with Crippen molar-refractivity contribution >= 4 is 5.91 Å². The van der Waals surface area contributed by atoms with Crippen molar-refractivity contribution in [3.63, 3.8) is 0 Å². The minimum atomic E-state index is 0.0477. The molecule has 0 saturated carbocycles. The van der Waals surface area contributed by atoms with E-state index >= 15 is 0 Å². The van der Waals surface area contributed by atoms with Crippen LogP contribution in [-0.4, -0.2) is 23.5 Å². The van der Waals surface area contributed by atoms with Crippen LogP contribution in [-0.2, 0) is 4.79 Å². The third kappa shape index (κ3) is 4.84. The predicted octanol–water partition coefficient (Wildman–Crippen LogP) is 2.04. The molecule has 2 N–H and O–H groups in total. The highest BCUT2D eigenvalue weighted by molar-refractivity contribution is 5.78. The number of carbonyl (C=O) groups is 1. The van der Waals surface area contributed by atoms with Gasteiger partial charge in [-0.2, -0.15) is 0 Å². The Bertz CT molecular complexity index is 349. The van der Waals surface area contributed by atoms with Crippen LogP contribution in [0.2, 0.25) is 0 Å². The van der Waals surface area contributed by atoms with Gasteiger partial charge in [-0.15, -0.1) is 0 Å². The monoisotopic (exact) mass is 249 g/mol. The van der Waals surface area contributed by atoms with E-state index in [1.54, 1.807) is 6.20 Å². The Kier molecular flexibility index (Phi) is 6.36. The zero-order valence-electron chi connectivity index (χ0n) is 11.4. The Labute approximate surface area is 109 Å². The Morgan fingerprint density at radius 3 is 2.61 bits per heavy atom. The van der Waals surface area contributed by atoms with Crippen LogP contribution in [0.25, 0.3) is 0 Å². The molecule has 0 unspecified atom stereocenters. The second-order valence-electron chi connectivity index (χ2n) is 4.44. The summed E-state index contributed by atoms with van der Waals surface area (Å²) >= 11 is 0. The van der Waals surface area contributed by atoms with Gasteiger partial charge in [0.15, 0.2) is 0 Å². The summed E-state index contributed by atoms with van der Waals surface area (Å²) in [5, 5.41) is 6.18. The molecule has 0 saturated heterocycles. The lowest BCUT2D eigenvalue weighted by molar-refractivity contribution is -0.121. The molecule has 0 aromatic carbocycles. The highest BCUT2D eigenvalue weighted by atomic mass is 16.1. The molecule has 0 radical (unpaired) electrons. The van der Waals surface area contributed by atoms with E-state index in [0.29, 0.717) is 6.54 Å². The number of aromatic nitrogens is 1. The third-order valence-corrected chi connectivity index (χ3v) is 3.05. The Hall–Kier alpha value is -1.42. The van der Waals surface area contributed by atoms with Gasteiger partial charge in [0.25, 0.3) is 0 Å². The zero-order chi connectivity index (χ0) is 13.4. The number of nitrogens with zero attached hydrogens (tertiary/aromatic N) is 1.